The topological polar surface area (TPSA) is 35.0 Å². The van der Waals surface area contributed by atoms with Gasteiger partial charge in [-0.2, -0.15) is 0 Å². The highest BCUT2D eigenvalue weighted by molar-refractivity contribution is 6.04. The first-order valence-corrected chi connectivity index (χ1v) is 20.5. The van der Waals surface area contributed by atoms with E-state index in [0.717, 1.165) is 61.7 Å². The van der Waals surface area contributed by atoms with Gasteiger partial charge in [-0.05, 0) is 79.7 Å². The maximum absolute atomic E-state index is 6.40. The second kappa shape index (κ2) is 13.6. The molecule has 2 aliphatic rings. The minimum absolute atomic E-state index is 0.503. The van der Waals surface area contributed by atoms with Gasteiger partial charge in [0.1, 0.15) is 11.5 Å². The van der Waals surface area contributed by atoms with Crippen LogP contribution in [0.15, 0.2) is 218 Å². The number of ether oxygens (including phenoxy) is 1. The molecule has 0 fully saturated rings. The molecule has 9 aromatic carbocycles. The van der Waals surface area contributed by atoms with Crippen LogP contribution in [0.4, 0.5) is 0 Å². The van der Waals surface area contributed by atoms with Gasteiger partial charge in [0.05, 0.1) is 16.8 Å². The summed E-state index contributed by atoms with van der Waals surface area (Å²) in [5, 5.41) is 2.34. The fourth-order valence-corrected chi connectivity index (χ4v) is 9.73. The van der Waals surface area contributed by atoms with Gasteiger partial charge in [-0.1, -0.05) is 194 Å². The highest BCUT2D eigenvalue weighted by Crippen LogP contribution is 2.58. The summed E-state index contributed by atoms with van der Waals surface area (Å²) >= 11 is 0. The lowest BCUT2D eigenvalue weighted by Gasteiger charge is -2.33. The molecule has 60 heavy (non-hydrogen) atoms. The van der Waals surface area contributed by atoms with Crippen molar-refractivity contribution in [1.29, 1.82) is 0 Å². The first kappa shape index (κ1) is 34.2. The van der Waals surface area contributed by atoms with Gasteiger partial charge < -0.3 is 4.74 Å². The maximum atomic E-state index is 6.40. The highest BCUT2D eigenvalue weighted by Gasteiger charge is 2.46. The molecule has 1 aliphatic heterocycles. The summed E-state index contributed by atoms with van der Waals surface area (Å²) < 4.78 is 6.40. The van der Waals surface area contributed by atoms with Gasteiger partial charge in [0.2, 0.25) is 0 Å². The van der Waals surface area contributed by atoms with E-state index in [-0.39, 0.29) is 0 Å². The van der Waals surface area contributed by atoms with E-state index in [1.807, 2.05) is 18.2 Å². The molecule has 280 valence electrons. The van der Waals surface area contributed by atoms with E-state index in [1.54, 1.807) is 0 Å². The molecule has 1 aromatic heterocycles. The van der Waals surface area contributed by atoms with E-state index in [2.05, 4.69) is 200 Å². The molecule has 0 saturated heterocycles. The largest absolute Gasteiger partial charge is 0.456 e. The van der Waals surface area contributed by atoms with Gasteiger partial charge >= 0.3 is 0 Å². The summed E-state index contributed by atoms with van der Waals surface area (Å²) in [5.74, 6) is 2.48. The van der Waals surface area contributed by atoms with E-state index < -0.39 is 5.41 Å². The number of benzene rings is 9. The van der Waals surface area contributed by atoms with Crippen LogP contribution in [0, 0.1) is 0 Å². The monoisotopic (exact) mass is 764 g/mol. The Morgan fingerprint density at radius 1 is 0.350 bits per heavy atom. The van der Waals surface area contributed by atoms with Gasteiger partial charge in [0.15, 0.2) is 5.82 Å². The predicted octanol–water partition coefficient (Wildman–Crippen LogP) is 14.4. The summed E-state index contributed by atoms with van der Waals surface area (Å²) in [5.41, 5.74) is 16.3. The Hall–Kier alpha value is -7.88. The van der Waals surface area contributed by atoms with Crippen molar-refractivity contribution in [3.63, 3.8) is 0 Å². The summed E-state index contributed by atoms with van der Waals surface area (Å²) in [6, 6.07) is 78.0. The third-order valence-corrected chi connectivity index (χ3v) is 12.4. The molecule has 0 spiro atoms. The minimum atomic E-state index is -0.503. The van der Waals surface area contributed by atoms with Crippen molar-refractivity contribution in [2.75, 3.05) is 0 Å². The molecule has 0 unspecified atom stereocenters. The van der Waals surface area contributed by atoms with Crippen molar-refractivity contribution >= 4 is 10.8 Å². The molecular formula is C57H36N2O. The molecule has 3 nitrogen and oxygen atoms in total. The Bertz CT molecular complexity index is 3220. The number of hydrogen-bond donors (Lipinski definition) is 0. The fourth-order valence-electron chi connectivity index (χ4n) is 9.73. The fraction of sp³-hybridized carbons (Fsp3) is 0.0175. The van der Waals surface area contributed by atoms with Gasteiger partial charge in [-0.25, -0.2) is 9.97 Å². The summed E-state index contributed by atoms with van der Waals surface area (Å²) in [4.78, 5) is 10.6. The van der Waals surface area contributed by atoms with Crippen LogP contribution < -0.4 is 4.74 Å². The van der Waals surface area contributed by atoms with Gasteiger partial charge in [-0.15, -0.1) is 0 Å². The quantitative estimate of drug-likeness (QED) is 0.169. The van der Waals surface area contributed by atoms with E-state index in [4.69, 9.17) is 14.7 Å². The average Bonchev–Trinajstić information content (AvgIpc) is 3.64. The van der Waals surface area contributed by atoms with Crippen LogP contribution >= 0.6 is 0 Å². The van der Waals surface area contributed by atoms with E-state index in [1.165, 1.54) is 44.3 Å². The van der Waals surface area contributed by atoms with Crippen LogP contribution in [-0.4, -0.2) is 9.97 Å². The third kappa shape index (κ3) is 5.23. The Kier molecular flexibility index (Phi) is 7.76. The second-order valence-electron chi connectivity index (χ2n) is 15.6. The normalized spacial score (nSPS) is 12.9. The lowest BCUT2D eigenvalue weighted by atomic mass is 9.67. The number of fused-ring (bicyclic) bond motifs is 5. The smallest absolute Gasteiger partial charge is 0.160 e. The zero-order chi connectivity index (χ0) is 39.6. The third-order valence-electron chi connectivity index (χ3n) is 12.4. The Morgan fingerprint density at radius 2 is 0.933 bits per heavy atom. The van der Waals surface area contributed by atoms with Crippen molar-refractivity contribution in [1.82, 2.24) is 9.97 Å². The molecule has 12 rings (SSSR count). The van der Waals surface area contributed by atoms with Gasteiger partial charge in [-0.3, -0.25) is 0 Å². The molecule has 1 aliphatic carbocycles. The zero-order valence-electron chi connectivity index (χ0n) is 32.6. The number of nitrogens with zero attached hydrogens (tertiary/aromatic N) is 2. The molecule has 0 radical (unpaired) electrons. The Balaban J connectivity index is 1.01. The van der Waals surface area contributed by atoms with E-state index in [9.17, 15) is 0 Å². The van der Waals surface area contributed by atoms with Gasteiger partial charge in [0, 0.05) is 27.6 Å². The van der Waals surface area contributed by atoms with Crippen molar-refractivity contribution in [3.05, 3.63) is 241 Å². The maximum Gasteiger partial charge on any atom is 0.160 e. The summed E-state index contributed by atoms with van der Waals surface area (Å²) in [6.07, 6.45) is 0. The molecule has 2 heterocycles. The van der Waals surface area contributed by atoms with Crippen LogP contribution in [0.2, 0.25) is 0 Å². The van der Waals surface area contributed by atoms with Crippen LogP contribution in [0.3, 0.4) is 0 Å². The number of hydrogen-bond acceptors (Lipinski definition) is 3. The first-order valence-electron chi connectivity index (χ1n) is 20.5. The van der Waals surface area contributed by atoms with E-state index in [0.29, 0.717) is 5.82 Å². The molecule has 0 bridgehead atoms. The van der Waals surface area contributed by atoms with Crippen LogP contribution in [0.5, 0.6) is 11.5 Å². The zero-order valence-corrected chi connectivity index (χ0v) is 32.6. The first-order chi connectivity index (χ1) is 29.7. The minimum Gasteiger partial charge on any atom is -0.456 e. The standard InChI is InChI=1S/C57H36N2O/c1-4-15-40(16-5-1)56-58-50(38-31-29-37(30-32-38)41-33-34-52-47(35-41)44-24-12-17-39-18-13-28-53(60-52)54(39)44)36-51(59-56)46-25-14-27-49-55(46)45-23-10-11-26-48(45)57(49,42-19-6-2-7-20-42)43-21-8-3-9-22-43/h1-36H. The second-order valence-corrected chi connectivity index (χ2v) is 15.6. The average molecular weight is 765 g/mol. The summed E-state index contributed by atoms with van der Waals surface area (Å²) in [6.45, 7) is 0. The Morgan fingerprint density at radius 3 is 1.70 bits per heavy atom. The molecule has 0 N–H and O–H groups in total. The molecular weight excluding hydrogens is 729 g/mol. The SMILES string of the molecule is c1ccc(-c2nc(-c3ccc(-c4ccc5c(c4)-c4cccc6cccc(c46)O5)cc3)cc(-c3cccc4c3-c3ccccc3C4(c3ccccc3)c3ccccc3)n2)cc1. The lowest BCUT2D eigenvalue weighted by molar-refractivity contribution is 0.487. The van der Waals surface area contributed by atoms with Crippen molar-refractivity contribution in [2.45, 2.75) is 5.41 Å². The molecule has 0 amide bonds. The number of aromatic nitrogens is 2. The summed E-state index contributed by atoms with van der Waals surface area (Å²) in [7, 11) is 0. The highest BCUT2D eigenvalue weighted by atomic mass is 16.5. The van der Waals surface area contributed by atoms with Crippen molar-refractivity contribution in [2.24, 2.45) is 0 Å². The van der Waals surface area contributed by atoms with Crippen molar-refractivity contribution < 1.29 is 4.74 Å². The molecule has 0 atom stereocenters. The van der Waals surface area contributed by atoms with Crippen LogP contribution in [0.25, 0.3) is 78.1 Å². The molecule has 3 heteroatoms. The predicted molar refractivity (Wildman–Crippen MR) is 244 cm³/mol. The molecule has 10 aromatic rings. The molecule has 0 saturated carbocycles. The van der Waals surface area contributed by atoms with Crippen LogP contribution in [-0.2, 0) is 5.41 Å². The lowest BCUT2D eigenvalue weighted by Crippen LogP contribution is -2.28. The van der Waals surface area contributed by atoms with Crippen LogP contribution in [0.1, 0.15) is 22.3 Å². The number of rotatable bonds is 6. The van der Waals surface area contributed by atoms with Gasteiger partial charge in [0.25, 0.3) is 0 Å². The van der Waals surface area contributed by atoms with Crippen molar-refractivity contribution in [3.8, 4) is 78.8 Å². The van der Waals surface area contributed by atoms with E-state index >= 15 is 0 Å². The Labute approximate surface area is 348 Å².